The van der Waals surface area contributed by atoms with Crippen molar-refractivity contribution in [3.05, 3.63) is 80.6 Å². The van der Waals surface area contributed by atoms with Gasteiger partial charge in [-0.3, -0.25) is 4.79 Å². The Morgan fingerprint density at radius 1 is 1.00 bits per heavy atom. The lowest BCUT2D eigenvalue weighted by atomic mass is 10.1. The second-order valence-electron chi connectivity index (χ2n) is 7.34. The molecule has 2 heterocycles. The number of aryl methyl sites for hydroxylation is 2. The molecular weight excluding hydrogens is 451 g/mol. The van der Waals surface area contributed by atoms with Gasteiger partial charge in [0.25, 0.3) is 5.91 Å². The molecule has 0 atom stereocenters. The van der Waals surface area contributed by atoms with Crippen LogP contribution in [-0.2, 0) is 0 Å². The van der Waals surface area contributed by atoms with Crippen molar-refractivity contribution in [3.63, 3.8) is 0 Å². The van der Waals surface area contributed by atoms with Gasteiger partial charge in [-0.05, 0) is 73.5 Å². The van der Waals surface area contributed by atoms with Crippen molar-refractivity contribution < 1.29 is 9.21 Å². The molecule has 0 fully saturated rings. The quantitative estimate of drug-likeness (QED) is 0.294. The van der Waals surface area contributed by atoms with Crippen molar-refractivity contribution in [3.8, 4) is 11.5 Å². The Morgan fingerprint density at radius 2 is 1.74 bits per heavy atom. The summed E-state index contributed by atoms with van der Waals surface area (Å²) in [6.07, 6.45) is 0. The maximum atomic E-state index is 12.8. The van der Waals surface area contributed by atoms with E-state index < -0.39 is 0 Å². The van der Waals surface area contributed by atoms with Gasteiger partial charge in [-0.2, -0.15) is 0 Å². The molecule has 0 saturated carbocycles. The lowest BCUT2D eigenvalue weighted by Crippen LogP contribution is -2.10. The van der Waals surface area contributed by atoms with Gasteiger partial charge in [0.15, 0.2) is 5.58 Å². The van der Waals surface area contributed by atoms with Crippen molar-refractivity contribution in [1.82, 2.24) is 4.98 Å². The van der Waals surface area contributed by atoms with Gasteiger partial charge in [0.05, 0.1) is 5.02 Å². The fourth-order valence-electron chi connectivity index (χ4n) is 3.37. The molecule has 0 aliphatic heterocycles. The first-order valence-corrected chi connectivity index (χ1v) is 11.1. The van der Waals surface area contributed by atoms with Crippen LogP contribution in [0.5, 0.6) is 0 Å². The van der Waals surface area contributed by atoms with Gasteiger partial charge in [0.1, 0.15) is 10.4 Å². The molecule has 3 aromatic carbocycles. The third-order valence-corrected chi connectivity index (χ3v) is 7.08. The molecule has 1 amide bonds. The standard InChI is InChI=1S/C24H16Cl2N2O2S/c1-12-9-18-19(10-13(12)2)30-24(28-18)14-3-6-16(7-4-14)27-23(29)22-21(26)17-8-5-15(25)11-20(17)31-22/h3-11H,1-2H3,(H,27,29). The minimum atomic E-state index is -0.261. The van der Waals surface area contributed by atoms with Crippen LogP contribution in [-0.4, -0.2) is 10.9 Å². The number of amides is 1. The van der Waals surface area contributed by atoms with E-state index in [1.807, 2.05) is 55.5 Å². The van der Waals surface area contributed by atoms with Crippen LogP contribution in [0.1, 0.15) is 20.8 Å². The van der Waals surface area contributed by atoms with Crippen LogP contribution in [0, 0.1) is 13.8 Å². The van der Waals surface area contributed by atoms with Crippen LogP contribution < -0.4 is 5.32 Å². The molecule has 0 spiro atoms. The van der Waals surface area contributed by atoms with E-state index >= 15 is 0 Å². The number of thiophene rings is 1. The molecule has 0 bridgehead atoms. The van der Waals surface area contributed by atoms with Crippen LogP contribution in [0.15, 0.2) is 59.0 Å². The summed E-state index contributed by atoms with van der Waals surface area (Å²) in [4.78, 5) is 17.8. The number of hydrogen-bond donors (Lipinski definition) is 1. The van der Waals surface area contributed by atoms with E-state index in [1.54, 1.807) is 6.07 Å². The average molecular weight is 467 g/mol. The van der Waals surface area contributed by atoms with Gasteiger partial charge < -0.3 is 9.73 Å². The molecule has 2 aromatic heterocycles. The summed E-state index contributed by atoms with van der Waals surface area (Å²) in [6.45, 7) is 4.10. The van der Waals surface area contributed by atoms with Gasteiger partial charge in [0.2, 0.25) is 5.89 Å². The van der Waals surface area contributed by atoms with Gasteiger partial charge in [0, 0.05) is 26.4 Å². The number of oxazole rings is 1. The maximum Gasteiger partial charge on any atom is 0.267 e. The summed E-state index contributed by atoms with van der Waals surface area (Å²) in [7, 11) is 0. The van der Waals surface area contributed by atoms with Crippen LogP contribution in [0.2, 0.25) is 10.0 Å². The third kappa shape index (κ3) is 3.69. The highest BCUT2D eigenvalue weighted by molar-refractivity contribution is 7.21. The summed E-state index contributed by atoms with van der Waals surface area (Å²) in [5, 5.41) is 4.76. The molecule has 1 N–H and O–H groups in total. The number of rotatable bonds is 3. The number of nitrogens with one attached hydrogen (secondary N) is 1. The lowest BCUT2D eigenvalue weighted by molar-refractivity contribution is 0.103. The largest absolute Gasteiger partial charge is 0.436 e. The molecule has 7 heteroatoms. The first kappa shape index (κ1) is 20.1. The van der Waals surface area contributed by atoms with Crippen molar-refractivity contribution in [2.45, 2.75) is 13.8 Å². The molecular formula is C24H16Cl2N2O2S. The van der Waals surface area contributed by atoms with E-state index in [0.717, 1.165) is 32.3 Å². The predicted octanol–water partition coefficient (Wildman–Crippen LogP) is 7.89. The first-order chi connectivity index (χ1) is 14.9. The monoisotopic (exact) mass is 466 g/mol. The van der Waals surface area contributed by atoms with E-state index in [4.69, 9.17) is 27.6 Å². The number of aromatic nitrogens is 1. The Kier molecular flexibility index (Phi) is 4.97. The topological polar surface area (TPSA) is 55.1 Å². The summed E-state index contributed by atoms with van der Waals surface area (Å²) in [5.74, 6) is 0.283. The van der Waals surface area contributed by atoms with Crippen molar-refractivity contribution in [2.24, 2.45) is 0 Å². The highest BCUT2D eigenvalue weighted by Gasteiger charge is 2.18. The number of fused-ring (bicyclic) bond motifs is 2. The minimum Gasteiger partial charge on any atom is -0.436 e. The van der Waals surface area contributed by atoms with E-state index in [0.29, 0.717) is 26.5 Å². The molecule has 0 radical (unpaired) electrons. The van der Waals surface area contributed by atoms with Crippen molar-refractivity contribution in [2.75, 3.05) is 5.32 Å². The smallest absolute Gasteiger partial charge is 0.267 e. The second-order valence-corrected chi connectivity index (χ2v) is 9.21. The summed E-state index contributed by atoms with van der Waals surface area (Å²) >= 11 is 13.8. The molecule has 31 heavy (non-hydrogen) atoms. The number of benzene rings is 3. The Morgan fingerprint density at radius 3 is 2.52 bits per heavy atom. The summed E-state index contributed by atoms with van der Waals surface area (Å²) in [5.41, 5.74) is 5.41. The summed E-state index contributed by atoms with van der Waals surface area (Å²) in [6, 6.07) is 16.8. The number of halogens is 2. The normalized spacial score (nSPS) is 11.4. The number of anilines is 1. The molecule has 5 rings (SSSR count). The maximum absolute atomic E-state index is 12.8. The SMILES string of the molecule is Cc1cc2nc(-c3ccc(NC(=O)c4sc5cc(Cl)ccc5c4Cl)cc3)oc2cc1C. The average Bonchev–Trinajstić information content (AvgIpc) is 3.29. The minimum absolute atomic E-state index is 0.261. The Balaban J connectivity index is 1.39. The van der Waals surface area contributed by atoms with E-state index in [9.17, 15) is 4.79 Å². The van der Waals surface area contributed by atoms with E-state index in [-0.39, 0.29) is 5.91 Å². The van der Waals surface area contributed by atoms with Gasteiger partial charge in [-0.25, -0.2) is 4.98 Å². The molecule has 0 aliphatic rings. The lowest BCUT2D eigenvalue weighted by Gasteiger charge is -2.04. The Hall–Kier alpha value is -2.86. The van der Waals surface area contributed by atoms with Crippen molar-refractivity contribution >= 4 is 67.3 Å². The highest BCUT2D eigenvalue weighted by Crippen LogP contribution is 2.37. The molecule has 0 unspecified atom stereocenters. The van der Waals surface area contributed by atoms with E-state index in [2.05, 4.69) is 17.2 Å². The second kappa shape index (κ2) is 7.68. The van der Waals surface area contributed by atoms with Gasteiger partial charge in [-0.1, -0.05) is 29.3 Å². The zero-order chi connectivity index (χ0) is 21.7. The number of carbonyl (C=O) groups is 1. The number of carbonyl (C=O) groups excluding carboxylic acids is 1. The highest BCUT2D eigenvalue weighted by atomic mass is 35.5. The third-order valence-electron chi connectivity index (χ3n) is 5.19. The van der Waals surface area contributed by atoms with E-state index in [1.165, 1.54) is 16.9 Å². The zero-order valence-corrected chi connectivity index (χ0v) is 19.0. The fraction of sp³-hybridized carbons (Fsp3) is 0.0833. The van der Waals surface area contributed by atoms with Crippen LogP contribution in [0.3, 0.4) is 0 Å². The fourth-order valence-corrected chi connectivity index (χ4v) is 5.06. The van der Waals surface area contributed by atoms with Crippen LogP contribution >= 0.6 is 34.5 Å². The Bertz CT molecular complexity index is 1430. The molecule has 0 aliphatic carbocycles. The Labute approximate surface area is 192 Å². The molecule has 4 nitrogen and oxygen atoms in total. The van der Waals surface area contributed by atoms with Crippen LogP contribution in [0.4, 0.5) is 5.69 Å². The first-order valence-electron chi connectivity index (χ1n) is 9.56. The van der Waals surface area contributed by atoms with Gasteiger partial charge in [-0.15, -0.1) is 11.3 Å². The predicted molar refractivity (Wildman–Crippen MR) is 129 cm³/mol. The zero-order valence-electron chi connectivity index (χ0n) is 16.6. The van der Waals surface area contributed by atoms with Crippen LogP contribution in [0.25, 0.3) is 32.6 Å². The molecule has 5 aromatic rings. The van der Waals surface area contributed by atoms with Crippen molar-refractivity contribution in [1.29, 1.82) is 0 Å². The molecule has 0 saturated heterocycles. The number of nitrogens with zero attached hydrogens (tertiary/aromatic N) is 1. The van der Waals surface area contributed by atoms with Gasteiger partial charge >= 0.3 is 0 Å². The number of hydrogen-bond acceptors (Lipinski definition) is 4. The summed E-state index contributed by atoms with van der Waals surface area (Å²) < 4.78 is 6.79. The molecule has 154 valence electrons.